The Morgan fingerprint density at radius 3 is 1.50 bits per heavy atom. The summed E-state index contributed by atoms with van der Waals surface area (Å²) in [5.41, 5.74) is 0. The molecule has 0 saturated heterocycles. The third-order valence-corrected chi connectivity index (χ3v) is 4.67. The molecule has 2 N–H and O–H groups in total. The van der Waals surface area contributed by atoms with Gasteiger partial charge in [-0.3, -0.25) is 14.7 Å². The van der Waals surface area contributed by atoms with Crippen LogP contribution in [0.25, 0.3) is 0 Å². The molecule has 0 heterocycles. The second kappa shape index (κ2) is 5.89. The lowest BCUT2D eigenvalue weighted by Gasteiger charge is -2.26. The molecule has 4 heteroatoms. The van der Waals surface area contributed by atoms with Gasteiger partial charge >= 0.3 is 0 Å². The van der Waals surface area contributed by atoms with Crippen LogP contribution in [-0.4, -0.2) is 18.2 Å². The molecule has 0 aliphatic heterocycles. The maximum Gasteiger partial charge on any atom is 0.212 e. The highest BCUT2D eigenvalue weighted by molar-refractivity contribution is 7.59. The Hall–Kier alpha value is 0.150. The van der Waals surface area contributed by atoms with Gasteiger partial charge in [0.25, 0.3) is 0 Å². The predicted octanol–water partition coefficient (Wildman–Crippen LogP) is 2.83. The molecule has 0 atom stereocenters. The molecular weight excluding hydrogens is 195 g/mol. The molecule has 0 aromatic rings. The second-order valence-corrected chi connectivity index (χ2v) is 7.24. The zero-order valence-corrected chi connectivity index (χ0v) is 11.2. The van der Waals surface area contributed by atoms with Crippen LogP contribution in [0.5, 0.6) is 0 Å². The Balaban J connectivity index is 4.41. The van der Waals surface area contributed by atoms with E-state index in [-0.39, 0.29) is 12.1 Å². The van der Waals surface area contributed by atoms with Gasteiger partial charge in [-0.1, -0.05) is 13.8 Å². The lowest BCUT2D eigenvalue weighted by atomic mass is 10.3. The number of rotatable bonds is 6. The monoisotopic (exact) mass is 220 g/mol. The van der Waals surface area contributed by atoms with Crippen LogP contribution < -0.4 is 10.2 Å². The van der Waals surface area contributed by atoms with Gasteiger partial charge in [-0.05, 0) is 33.6 Å². The van der Waals surface area contributed by atoms with Crippen LogP contribution in [0, 0.1) is 5.92 Å². The summed E-state index contributed by atoms with van der Waals surface area (Å²) in [6.07, 6.45) is 0.712. The molecule has 0 aliphatic carbocycles. The summed E-state index contributed by atoms with van der Waals surface area (Å²) in [4.78, 5) is 0. The predicted molar refractivity (Wildman–Crippen MR) is 63.9 cm³/mol. The molecule has 0 aromatic heterocycles. The fourth-order valence-corrected chi connectivity index (χ4v) is 4.47. The van der Waals surface area contributed by atoms with Crippen molar-refractivity contribution in [1.29, 1.82) is 0 Å². The average Bonchev–Trinajstić information content (AvgIpc) is 1.76. The maximum atomic E-state index is 12.4. The highest BCUT2D eigenvalue weighted by atomic mass is 31.2. The van der Waals surface area contributed by atoms with Gasteiger partial charge in [0.05, 0.1) is 0 Å². The van der Waals surface area contributed by atoms with E-state index < -0.39 is 7.44 Å². The van der Waals surface area contributed by atoms with Crippen LogP contribution in [0.2, 0.25) is 0 Å². The molecule has 0 fully saturated rings. The van der Waals surface area contributed by atoms with E-state index in [0.717, 1.165) is 0 Å². The Kier molecular flexibility index (Phi) is 5.96. The van der Waals surface area contributed by atoms with Crippen molar-refractivity contribution in [1.82, 2.24) is 10.2 Å². The van der Waals surface area contributed by atoms with Crippen molar-refractivity contribution in [3.63, 3.8) is 0 Å². The van der Waals surface area contributed by atoms with Gasteiger partial charge in [0, 0.05) is 18.2 Å². The third-order valence-electron chi connectivity index (χ3n) is 1.56. The van der Waals surface area contributed by atoms with Crippen LogP contribution in [0.3, 0.4) is 0 Å². The fourth-order valence-electron chi connectivity index (χ4n) is 1.49. The van der Waals surface area contributed by atoms with Crippen molar-refractivity contribution in [2.45, 2.75) is 53.6 Å². The molecule has 0 spiro atoms. The first-order valence-electron chi connectivity index (χ1n) is 5.40. The molecule has 0 unspecified atom stereocenters. The van der Waals surface area contributed by atoms with Gasteiger partial charge < -0.3 is 0 Å². The third kappa shape index (κ3) is 6.58. The Morgan fingerprint density at radius 1 is 0.929 bits per heavy atom. The molecule has 0 rings (SSSR count). The smallest absolute Gasteiger partial charge is 0.212 e. The number of nitrogens with one attached hydrogen (secondary N) is 2. The van der Waals surface area contributed by atoms with Gasteiger partial charge in [-0.25, -0.2) is 0 Å². The normalized spacial score (nSPS) is 13.2. The molecule has 0 aromatic carbocycles. The van der Waals surface area contributed by atoms with Crippen molar-refractivity contribution in [2.75, 3.05) is 6.16 Å². The SMILES string of the molecule is CC(C)CP(=O)(NC(C)C)NC(C)C. The van der Waals surface area contributed by atoms with E-state index in [1.54, 1.807) is 0 Å². The molecule has 0 amide bonds. The second-order valence-electron chi connectivity index (χ2n) is 4.88. The van der Waals surface area contributed by atoms with E-state index in [4.69, 9.17) is 0 Å². The highest BCUT2D eigenvalue weighted by Crippen LogP contribution is 2.39. The van der Waals surface area contributed by atoms with Gasteiger partial charge in [0.2, 0.25) is 7.44 Å². The Bertz CT molecular complexity index is 169. The molecule has 0 aliphatic rings. The minimum atomic E-state index is -2.39. The van der Waals surface area contributed by atoms with Crippen LogP contribution in [0.1, 0.15) is 41.5 Å². The lowest BCUT2D eigenvalue weighted by Crippen LogP contribution is -2.33. The summed E-state index contributed by atoms with van der Waals surface area (Å²) < 4.78 is 12.4. The first-order chi connectivity index (χ1) is 6.25. The topological polar surface area (TPSA) is 41.1 Å². The van der Waals surface area contributed by atoms with Crippen LogP contribution in [0.4, 0.5) is 0 Å². The first-order valence-corrected chi connectivity index (χ1v) is 7.29. The minimum Gasteiger partial charge on any atom is -0.289 e. The molecule has 0 bridgehead atoms. The van der Waals surface area contributed by atoms with E-state index in [2.05, 4.69) is 24.0 Å². The van der Waals surface area contributed by atoms with Crippen LogP contribution >= 0.6 is 7.44 Å². The van der Waals surface area contributed by atoms with Gasteiger partial charge in [-0.15, -0.1) is 0 Å². The number of hydrogen-bond acceptors (Lipinski definition) is 1. The maximum absolute atomic E-state index is 12.4. The van der Waals surface area contributed by atoms with Crippen molar-refractivity contribution in [2.24, 2.45) is 5.92 Å². The van der Waals surface area contributed by atoms with E-state index in [0.29, 0.717) is 12.1 Å². The summed E-state index contributed by atoms with van der Waals surface area (Å²) >= 11 is 0. The summed E-state index contributed by atoms with van der Waals surface area (Å²) in [5, 5.41) is 6.33. The molecule has 86 valence electrons. The van der Waals surface area contributed by atoms with Crippen molar-refractivity contribution >= 4 is 7.44 Å². The molecule has 0 radical (unpaired) electrons. The van der Waals surface area contributed by atoms with Crippen LogP contribution in [0.15, 0.2) is 0 Å². The summed E-state index contributed by atoms with van der Waals surface area (Å²) in [6.45, 7) is 12.3. The lowest BCUT2D eigenvalue weighted by molar-refractivity contribution is 0.524. The van der Waals surface area contributed by atoms with Crippen LogP contribution in [-0.2, 0) is 4.57 Å². The Labute approximate surface area is 88.5 Å². The fraction of sp³-hybridized carbons (Fsp3) is 1.00. The zero-order valence-electron chi connectivity index (χ0n) is 10.3. The molecular formula is C10H25N2OP. The summed E-state index contributed by atoms with van der Waals surface area (Å²) in [7, 11) is -2.39. The number of hydrogen-bond donors (Lipinski definition) is 2. The Morgan fingerprint density at radius 2 is 1.29 bits per heavy atom. The van der Waals surface area contributed by atoms with Crippen molar-refractivity contribution in [3.8, 4) is 0 Å². The summed E-state index contributed by atoms with van der Waals surface area (Å²) in [5.74, 6) is 0.443. The minimum absolute atomic E-state index is 0.255. The first kappa shape index (κ1) is 14.2. The van der Waals surface area contributed by atoms with Crippen molar-refractivity contribution in [3.05, 3.63) is 0 Å². The van der Waals surface area contributed by atoms with Gasteiger partial charge in [-0.2, -0.15) is 0 Å². The standard InChI is InChI=1S/C10H25N2OP/c1-8(2)7-14(13,11-9(3)4)12-10(5)6/h8-10H,7H2,1-6H3,(H2,11,12,13). The van der Waals surface area contributed by atoms with E-state index in [9.17, 15) is 4.57 Å². The molecule has 14 heavy (non-hydrogen) atoms. The molecule has 0 saturated carbocycles. The van der Waals surface area contributed by atoms with E-state index in [1.807, 2.05) is 27.7 Å². The zero-order chi connectivity index (χ0) is 11.4. The summed E-state index contributed by atoms with van der Waals surface area (Å²) in [6, 6.07) is 0.511. The highest BCUT2D eigenvalue weighted by Gasteiger charge is 2.24. The van der Waals surface area contributed by atoms with E-state index >= 15 is 0 Å². The largest absolute Gasteiger partial charge is 0.289 e. The van der Waals surface area contributed by atoms with Gasteiger partial charge in [0.1, 0.15) is 0 Å². The van der Waals surface area contributed by atoms with Crippen molar-refractivity contribution < 1.29 is 4.57 Å². The molecule has 3 nitrogen and oxygen atoms in total. The van der Waals surface area contributed by atoms with Gasteiger partial charge in [0.15, 0.2) is 0 Å². The quantitative estimate of drug-likeness (QED) is 0.676. The van der Waals surface area contributed by atoms with E-state index in [1.165, 1.54) is 0 Å². The average molecular weight is 220 g/mol.